The third-order valence-electron chi connectivity index (χ3n) is 1.59. The molecule has 0 saturated carbocycles. The van der Waals surface area contributed by atoms with Gasteiger partial charge in [0.1, 0.15) is 6.10 Å². The van der Waals surface area contributed by atoms with Gasteiger partial charge in [0.15, 0.2) is 0 Å². The third kappa shape index (κ3) is 6.22. The van der Waals surface area contributed by atoms with Gasteiger partial charge in [-0.2, -0.15) is 0 Å². The molecule has 0 aromatic carbocycles. The normalized spacial score (nSPS) is 12.2. The van der Waals surface area contributed by atoms with E-state index < -0.39 is 18.0 Å². The summed E-state index contributed by atoms with van der Waals surface area (Å²) in [7, 11) is 0. The molecule has 0 spiro atoms. The van der Waals surface area contributed by atoms with E-state index in [4.69, 9.17) is 9.84 Å². The van der Waals surface area contributed by atoms with Crippen molar-refractivity contribution in [1.82, 2.24) is 0 Å². The molecule has 1 N–H and O–H groups in total. The third-order valence-corrected chi connectivity index (χ3v) is 1.59. The monoisotopic (exact) mass is 200 g/mol. The van der Waals surface area contributed by atoms with Crippen molar-refractivity contribution in [1.29, 1.82) is 0 Å². The van der Waals surface area contributed by atoms with Crippen LogP contribution >= 0.6 is 0 Å². The topological polar surface area (TPSA) is 63.6 Å². The number of ether oxygens (including phenoxy) is 1. The Labute approximate surface area is 83.6 Å². The van der Waals surface area contributed by atoms with E-state index in [-0.39, 0.29) is 12.3 Å². The fraction of sp³-hybridized carbons (Fsp3) is 0.600. The quantitative estimate of drug-likeness (QED) is 0.522. The molecule has 0 aliphatic carbocycles. The van der Waals surface area contributed by atoms with Gasteiger partial charge in [-0.3, -0.25) is 4.79 Å². The van der Waals surface area contributed by atoms with E-state index in [9.17, 15) is 9.59 Å². The molecule has 0 aromatic rings. The lowest BCUT2D eigenvalue weighted by Gasteiger charge is -2.16. The average molecular weight is 200 g/mol. The molecule has 0 fully saturated rings. The number of carbonyl (C=O) groups excluding carboxylic acids is 1. The van der Waals surface area contributed by atoms with E-state index in [1.807, 2.05) is 13.8 Å². The zero-order chi connectivity index (χ0) is 11.1. The average Bonchev–Trinajstić information content (AvgIpc) is 2.01. The van der Waals surface area contributed by atoms with E-state index in [1.54, 1.807) is 0 Å². The summed E-state index contributed by atoms with van der Waals surface area (Å²) in [6, 6.07) is 0. The largest absolute Gasteiger partial charge is 0.481 e. The zero-order valence-electron chi connectivity index (χ0n) is 8.53. The molecule has 0 rings (SSSR count). The first-order chi connectivity index (χ1) is 6.45. The van der Waals surface area contributed by atoms with Crippen LogP contribution in [0.1, 0.15) is 26.7 Å². The Morgan fingerprint density at radius 1 is 1.50 bits per heavy atom. The second kappa shape index (κ2) is 6.18. The second-order valence-electron chi connectivity index (χ2n) is 3.49. The molecule has 0 aromatic heterocycles. The maximum atomic E-state index is 10.9. The molecule has 0 radical (unpaired) electrons. The molecule has 1 unspecified atom stereocenters. The van der Waals surface area contributed by atoms with E-state index >= 15 is 0 Å². The summed E-state index contributed by atoms with van der Waals surface area (Å²) in [6.45, 7) is 7.13. The molecule has 80 valence electrons. The minimum atomic E-state index is -0.965. The molecule has 0 amide bonds. The van der Waals surface area contributed by atoms with Crippen LogP contribution in [0.2, 0.25) is 0 Å². The van der Waals surface area contributed by atoms with Crippen LogP contribution in [-0.4, -0.2) is 23.1 Å². The summed E-state index contributed by atoms with van der Waals surface area (Å²) in [5.41, 5.74) is 0. The predicted octanol–water partition coefficient (Wildman–Crippen LogP) is 1.60. The molecule has 0 heterocycles. The van der Waals surface area contributed by atoms with Crippen molar-refractivity contribution in [2.75, 3.05) is 0 Å². The number of rotatable bonds is 6. The van der Waals surface area contributed by atoms with E-state index in [2.05, 4.69) is 6.58 Å². The number of esters is 1. The Bertz CT molecular complexity index is 220. The van der Waals surface area contributed by atoms with Crippen LogP contribution in [0.4, 0.5) is 0 Å². The Kier molecular flexibility index (Phi) is 5.60. The van der Waals surface area contributed by atoms with Crippen molar-refractivity contribution >= 4 is 11.9 Å². The van der Waals surface area contributed by atoms with Gasteiger partial charge in [-0.25, -0.2) is 4.79 Å². The lowest BCUT2D eigenvalue weighted by atomic mass is 10.0. The molecule has 0 bridgehead atoms. The first-order valence-electron chi connectivity index (χ1n) is 4.50. The molecule has 0 saturated heterocycles. The first-order valence-corrected chi connectivity index (χ1v) is 4.50. The zero-order valence-corrected chi connectivity index (χ0v) is 8.53. The predicted molar refractivity (Wildman–Crippen MR) is 51.8 cm³/mol. The van der Waals surface area contributed by atoms with E-state index in [1.165, 1.54) is 0 Å². The highest BCUT2D eigenvalue weighted by Gasteiger charge is 2.17. The molecule has 4 nitrogen and oxygen atoms in total. The van der Waals surface area contributed by atoms with E-state index in [0.29, 0.717) is 6.42 Å². The Morgan fingerprint density at radius 3 is 2.43 bits per heavy atom. The SMILES string of the molecule is C=CC(=O)OC(CC(=O)O)CC(C)C. The fourth-order valence-corrected chi connectivity index (χ4v) is 1.11. The lowest BCUT2D eigenvalue weighted by Crippen LogP contribution is -2.22. The Morgan fingerprint density at radius 2 is 2.07 bits per heavy atom. The molecule has 0 aliphatic heterocycles. The molecule has 14 heavy (non-hydrogen) atoms. The van der Waals surface area contributed by atoms with Gasteiger partial charge < -0.3 is 9.84 Å². The van der Waals surface area contributed by atoms with Crippen molar-refractivity contribution in [3.05, 3.63) is 12.7 Å². The summed E-state index contributed by atoms with van der Waals surface area (Å²) >= 11 is 0. The molecular weight excluding hydrogens is 184 g/mol. The maximum absolute atomic E-state index is 10.9. The minimum Gasteiger partial charge on any atom is -0.481 e. The van der Waals surface area contributed by atoms with Gasteiger partial charge in [-0.15, -0.1) is 0 Å². The number of carboxylic acids is 1. The van der Waals surface area contributed by atoms with Crippen LogP contribution in [0.5, 0.6) is 0 Å². The summed E-state index contributed by atoms with van der Waals surface area (Å²) < 4.78 is 4.88. The number of aliphatic carboxylic acids is 1. The van der Waals surface area contributed by atoms with Crippen LogP contribution in [0.25, 0.3) is 0 Å². The van der Waals surface area contributed by atoms with E-state index in [0.717, 1.165) is 6.08 Å². The molecule has 0 aliphatic rings. The van der Waals surface area contributed by atoms with Crippen molar-refractivity contribution in [3.63, 3.8) is 0 Å². The van der Waals surface area contributed by atoms with Gasteiger partial charge in [0.05, 0.1) is 6.42 Å². The first kappa shape index (κ1) is 12.7. The van der Waals surface area contributed by atoms with Crippen LogP contribution in [-0.2, 0) is 14.3 Å². The van der Waals surface area contributed by atoms with Crippen LogP contribution < -0.4 is 0 Å². The van der Waals surface area contributed by atoms with Crippen molar-refractivity contribution in [2.24, 2.45) is 5.92 Å². The number of carboxylic acid groups (broad SMARTS) is 1. The highest BCUT2D eigenvalue weighted by atomic mass is 16.5. The highest BCUT2D eigenvalue weighted by molar-refractivity contribution is 5.81. The smallest absolute Gasteiger partial charge is 0.330 e. The van der Waals surface area contributed by atoms with Crippen molar-refractivity contribution < 1.29 is 19.4 Å². The second-order valence-corrected chi connectivity index (χ2v) is 3.49. The minimum absolute atomic E-state index is 0.155. The standard InChI is InChI=1S/C10H16O4/c1-4-10(13)14-8(5-7(2)3)6-9(11)12/h4,7-8H,1,5-6H2,2-3H3,(H,11,12). The fourth-order valence-electron chi connectivity index (χ4n) is 1.11. The summed E-state index contributed by atoms with van der Waals surface area (Å²) in [5, 5.41) is 8.57. The summed E-state index contributed by atoms with van der Waals surface area (Å²) in [5.74, 6) is -1.25. The molecular formula is C10H16O4. The Hall–Kier alpha value is -1.32. The van der Waals surface area contributed by atoms with Crippen LogP contribution in [0, 0.1) is 5.92 Å². The van der Waals surface area contributed by atoms with Crippen LogP contribution in [0.3, 0.4) is 0 Å². The Balaban J connectivity index is 4.16. The van der Waals surface area contributed by atoms with Crippen molar-refractivity contribution in [3.8, 4) is 0 Å². The summed E-state index contributed by atoms with van der Waals surface area (Å²) in [4.78, 5) is 21.3. The van der Waals surface area contributed by atoms with Gasteiger partial charge in [0, 0.05) is 6.08 Å². The van der Waals surface area contributed by atoms with Crippen molar-refractivity contribution in [2.45, 2.75) is 32.8 Å². The van der Waals surface area contributed by atoms with Gasteiger partial charge >= 0.3 is 11.9 Å². The number of carbonyl (C=O) groups is 2. The lowest BCUT2D eigenvalue weighted by molar-refractivity contribution is -0.149. The van der Waals surface area contributed by atoms with Gasteiger partial charge in [0.25, 0.3) is 0 Å². The van der Waals surface area contributed by atoms with Crippen LogP contribution in [0.15, 0.2) is 12.7 Å². The van der Waals surface area contributed by atoms with Gasteiger partial charge in [0.2, 0.25) is 0 Å². The maximum Gasteiger partial charge on any atom is 0.330 e. The summed E-state index contributed by atoms with van der Waals surface area (Å²) in [6.07, 6.45) is 0.872. The molecule has 4 heteroatoms. The highest BCUT2D eigenvalue weighted by Crippen LogP contribution is 2.12. The number of hydrogen-bond acceptors (Lipinski definition) is 3. The van der Waals surface area contributed by atoms with Gasteiger partial charge in [-0.05, 0) is 12.3 Å². The molecule has 1 atom stereocenters. The van der Waals surface area contributed by atoms with Gasteiger partial charge in [-0.1, -0.05) is 20.4 Å². The number of hydrogen-bond donors (Lipinski definition) is 1.